The summed E-state index contributed by atoms with van der Waals surface area (Å²) in [5, 5.41) is 20.7. The van der Waals surface area contributed by atoms with Crippen molar-refractivity contribution in [1.29, 1.82) is 0 Å². The molecule has 154 valence electrons. The van der Waals surface area contributed by atoms with Crippen LogP contribution in [-0.2, 0) is 16.0 Å². The summed E-state index contributed by atoms with van der Waals surface area (Å²) in [7, 11) is 1.50. The third-order valence-corrected chi connectivity index (χ3v) is 3.36. The fourth-order valence-electron chi connectivity index (χ4n) is 2.30. The van der Waals surface area contributed by atoms with Gasteiger partial charge in [0, 0.05) is 18.8 Å². The number of alkyl carbamates (subject to hydrolysis) is 1. The Kier molecular flexibility index (Phi) is 12.0. The van der Waals surface area contributed by atoms with Gasteiger partial charge in [-0.15, -0.1) is 0 Å². The average Bonchev–Trinajstić information content (AvgIpc) is 2.62. The van der Waals surface area contributed by atoms with Gasteiger partial charge in [0.25, 0.3) is 0 Å². The number of aliphatic hydroxyl groups excluding tert-OH is 2. The number of nitrogens with one attached hydrogen (secondary N) is 1. The second-order valence-corrected chi connectivity index (χ2v) is 6.69. The SMILES string of the molecule is CC(C)(C)OC(=O)NC(C=O)Cc1ccc(N(CCO)CCO)cc1.CN. The summed E-state index contributed by atoms with van der Waals surface area (Å²) in [6.07, 6.45) is 0.406. The first kappa shape index (κ1) is 24.8. The molecule has 27 heavy (non-hydrogen) atoms. The number of ether oxygens (including phenoxy) is 1. The number of benzene rings is 1. The lowest BCUT2D eigenvalue weighted by molar-refractivity contribution is -0.109. The Morgan fingerprint density at radius 1 is 1.19 bits per heavy atom. The van der Waals surface area contributed by atoms with Crippen LogP contribution in [0.1, 0.15) is 26.3 Å². The summed E-state index contributed by atoms with van der Waals surface area (Å²) >= 11 is 0. The lowest BCUT2D eigenvalue weighted by Crippen LogP contribution is -2.41. The van der Waals surface area contributed by atoms with Gasteiger partial charge in [0.15, 0.2) is 0 Å². The molecule has 0 heterocycles. The number of nitrogens with two attached hydrogens (primary N) is 1. The number of nitrogens with zero attached hydrogens (tertiary/aromatic N) is 1. The van der Waals surface area contributed by atoms with E-state index in [0.29, 0.717) is 25.8 Å². The molecule has 0 aromatic heterocycles. The maximum absolute atomic E-state index is 11.8. The van der Waals surface area contributed by atoms with Crippen molar-refractivity contribution in [2.75, 3.05) is 38.3 Å². The largest absolute Gasteiger partial charge is 0.444 e. The van der Waals surface area contributed by atoms with Gasteiger partial charge in [-0.3, -0.25) is 0 Å². The number of rotatable bonds is 9. The first-order valence-corrected chi connectivity index (χ1v) is 8.87. The number of carbonyl (C=O) groups excluding carboxylic acids is 2. The van der Waals surface area contributed by atoms with Crippen molar-refractivity contribution in [3.05, 3.63) is 29.8 Å². The van der Waals surface area contributed by atoms with Crippen molar-refractivity contribution in [1.82, 2.24) is 5.32 Å². The van der Waals surface area contributed by atoms with Gasteiger partial charge in [-0.25, -0.2) is 4.79 Å². The molecule has 0 fully saturated rings. The van der Waals surface area contributed by atoms with Gasteiger partial charge >= 0.3 is 6.09 Å². The Bertz CT molecular complexity index is 537. The van der Waals surface area contributed by atoms with Crippen molar-refractivity contribution in [3.63, 3.8) is 0 Å². The molecule has 8 nitrogen and oxygen atoms in total. The number of anilines is 1. The van der Waals surface area contributed by atoms with E-state index >= 15 is 0 Å². The molecule has 8 heteroatoms. The highest BCUT2D eigenvalue weighted by Crippen LogP contribution is 2.16. The number of carbonyl (C=O) groups is 2. The zero-order chi connectivity index (χ0) is 20.9. The molecule has 0 aliphatic heterocycles. The van der Waals surface area contributed by atoms with Crippen LogP contribution in [0.2, 0.25) is 0 Å². The molecule has 0 radical (unpaired) electrons. The smallest absolute Gasteiger partial charge is 0.408 e. The zero-order valence-electron chi connectivity index (χ0n) is 16.6. The molecule has 5 N–H and O–H groups in total. The highest BCUT2D eigenvalue weighted by atomic mass is 16.6. The second kappa shape index (κ2) is 13.1. The van der Waals surface area contributed by atoms with Crippen LogP contribution in [0.15, 0.2) is 24.3 Å². The molecule has 0 aliphatic carbocycles. The average molecular weight is 383 g/mol. The lowest BCUT2D eigenvalue weighted by atomic mass is 10.1. The minimum atomic E-state index is -0.674. The Labute approximate surface area is 161 Å². The van der Waals surface area contributed by atoms with Gasteiger partial charge in [0.05, 0.1) is 19.3 Å². The maximum atomic E-state index is 11.8. The standard InChI is InChI=1S/C18H28N2O5.CH5N/c1-18(2,3)25-17(24)19-15(13-23)12-14-4-6-16(7-5-14)20(8-10-21)9-11-22;1-2/h4-7,13,15,21-22H,8-12H2,1-3H3,(H,19,24);2H2,1H3. The second-order valence-electron chi connectivity index (χ2n) is 6.69. The first-order valence-electron chi connectivity index (χ1n) is 8.87. The van der Waals surface area contributed by atoms with E-state index in [1.54, 1.807) is 20.8 Å². The van der Waals surface area contributed by atoms with Crippen LogP contribution in [0.5, 0.6) is 0 Å². The lowest BCUT2D eigenvalue weighted by Gasteiger charge is -2.23. The number of hydrogen-bond acceptors (Lipinski definition) is 7. The number of amides is 1. The quantitative estimate of drug-likeness (QED) is 0.462. The molecule has 0 aliphatic rings. The van der Waals surface area contributed by atoms with Gasteiger partial charge in [-0.2, -0.15) is 0 Å². The Hall–Kier alpha value is -2.16. The van der Waals surface area contributed by atoms with Gasteiger partial charge < -0.3 is 35.7 Å². The van der Waals surface area contributed by atoms with Crippen molar-refractivity contribution < 1.29 is 24.5 Å². The van der Waals surface area contributed by atoms with E-state index in [0.717, 1.165) is 11.3 Å². The minimum absolute atomic E-state index is 0.00518. The fraction of sp³-hybridized carbons (Fsp3) is 0.579. The molecule has 1 amide bonds. The molecule has 0 saturated heterocycles. The van der Waals surface area contributed by atoms with Crippen LogP contribution in [0.25, 0.3) is 0 Å². The van der Waals surface area contributed by atoms with E-state index in [4.69, 9.17) is 14.9 Å². The molecule has 1 unspecified atom stereocenters. The molecule has 0 spiro atoms. The van der Waals surface area contributed by atoms with E-state index in [-0.39, 0.29) is 13.2 Å². The summed E-state index contributed by atoms with van der Waals surface area (Å²) in [6.45, 7) is 6.11. The van der Waals surface area contributed by atoms with Crippen LogP contribution in [0, 0.1) is 0 Å². The summed E-state index contributed by atoms with van der Waals surface area (Å²) in [6, 6.07) is 6.74. The Morgan fingerprint density at radius 2 is 1.70 bits per heavy atom. The zero-order valence-corrected chi connectivity index (χ0v) is 16.6. The number of aliphatic hydroxyl groups is 2. The Morgan fingerprint density at radius 3 is 2.11 bits per heavy atom. The van der Waals surface area contributed by atoms with Crippen LogP contribution in [0.4, 0.5) is 10.5 Å². The minimum Gasteiger partial charge on any atom is -0.444 e. The molecular weight excluding hydrogens is 350 g/mol. The topological polar surface area (TPSA) is 125 Å². The highest BCUT2D eigenvalue weighted by Gasteiger charge is 2.19. The third-order valence-electron chi connectivity index (χ3n) is 3.36. The summed E-state index contributed by atoms with van der Waals surface area (Å²) in [5.74, 6) is 0. The normalized spacial score (nSPS) is 11.7. The van der Waals surface area contributed by atoms with E-state index in [2.05, 4.69) is 11.1 Å². The predicted molar refractivity (Wildman–Crippen MR) is 106 cm³/mol. The summed E-state index contributed by atoms with van der Waals surface area (Å²) < 4.78 is 5.15. The molecule has 1 rings (SSSR count). The van der Waals surface area contributed by atoms with Crippen molar-refractivity contribution in [3.8, 4) is 0 Å². The highest BCUT2D eigenvalue weighted by molar-refractivity contribution is 5.73. The van der Waals surface area contributed by atoms with Crippen LogP contribution in [-0.4, -0.2) is 67.6 Å². The van der Waals surface area contributed by atoms with Gasteiger partial charge in [0.2, 0.25) is 0 Å². The molecule has 1 aromatic carbocycles. The van der Waals surface area contributed by atoms with Crippen molar-refractivity contribution in [2.45, 2.75) is 38.8 Å². The van der Waals surface area contributed by atoms with E-state index in [1.807, 2.05) is 29.2 Å². The summed E-state index contributed by atoms with van der Waals surface area (Å²) in [4.78, 5) is 24.8. The van der Waals surface area contributed by atoms with Gasteiger partial charge in [-0.1, -0.05) is 12.1 Å². The molecule has 0 saturated carbocycles. The van der Waals surface area contributed by atoms with Crippen molar-refractivity contribution in [2.24, 2.45) is 5.73 Å². The molecular formula is C19H33N3O5. The van der Waals surface area contributed by atoms with Crippen molar-refractivity contribution >= 4 is 18.1 Å². The predicted octanol–water partition coefficient (Wildman–Crippen LogP) is 0.687. The molecule has 1 aromatic rings. The molecule has 1 atom stereocenters. The van der Waals surface area contributed by atoms with Crippen LogP contribution in [0.3, 0.4) is 0 Å². The van der Waals surface area contributed by atoms with Crippen LogP contribution < -0.4 is 16.0 Å². The number of aldehydes is 1. The van der Waals surface area contributed by atoms with E-state index in [1.165, 1.54) is 7.05 Å². The maximum Gasteiger partial charge on any atom is 0.408 e. The summed E-state index contributed by atoms with van der Waals surface area (Å²) in [5.41, 5.74) is 5.63. The Balaban J connectivity index is 0.00000326. The van der Waals surface area contributed by atoms with E-state index in [9.17, 15) is 9.59 Å². The van der Waals surface area contributed by atoms with E-state index < -0.39 is 17.7 Å². The van der Waals surface area contributed by atoms with Crippen LogP contribution >= 0.6 is 0 Å². The fourth-order valence-corrected chi connectivity index (χ4v) is 2.30. The third kappa shape index (κ3) is 10.5. The number of hydrogen-bond donors (Lipinski definition) is 4. The van der Waals surface area contributed by atoms with Gasteiger partial charge in [0.1, 0.15) is 11.9 Å². The molecule has 0 bridgehead atoms. The monoisotopic (exact) mass is 383 g/mol. The first-order chi connectivity index (χ1) is 12.8. The van der Waals surface area contributed by atoms with Gasteiger partial charge in [-0.05, 0) is 51.9 Å².